The summed E-state index contributed by atoms with van der Waals surface area (Å²) >= 11 is 0. The fraction of sp³-hybridized carbons (Fsp3) is 0.643. The Morgan fingerprint density at radius 2 is 2.06 bits per heavy atom. The maximum atomic E-state index is 9.31. The molecule has 1 atom stereocenters. The van der Waals surface area contributed by atoms with E-state index in [0.717, 1.165) is 30.2 Å². The molecular weight excluding hydrogens is 224 g/mol. The van der Waals surface area contributed by atoms with Gasteiger partial charge >= 0.3 is 0 Å². The van der Waals surface area contributed by atoms with Gasteiger partial charge in [-0.25, -0.2) is 0 Å². The minimum absolute atomic E-state index is 0.681. The van der Waals surface area contributed by atoms with Gasteiger partial charge in [-0.3, -0.25) is 0 Å². The lowest BCUT2D eigenvalue weighted by Crippen LogP contribution is -2.24. The number of anilines is 1. The van der Waals surface area contributed by atoms with E-state index in [1.807, 2.05) is 13.8 Å². The van der Waals surface area contributed by atoms with Gasteiger partial charge < -0.3 is 4.90 Å². The molecule has 18 heavy (non-hydrogen) atoms. The predicted molar refractivity (Wildman–Crippen MR) is 71.4 cm³/mol. The molecule has 1 saturated heterocycles. The minimum atomic E-state index is 0.681. The van der Waals surface area contributed by atoms with Gasteiger partial charge in [0.25, 0.3) is 0 Å². The third-order valence-electron chi connectivity index (χ3n) is 4.01. The van der Waals surface area contributed by atoms with Gasteiger partial charge in [0.05, 0.1) is 5.69 Å². The average Bonchev–Trinajstić information content (AvgIpc) is 2.82. The van der Waals surface area contributed by atoms with Crippen molar-refractivity contribution in [1.82, 2.24) is 10.2 Å². The Bertz CT molecular complexity index is 487. The van der Waals surface area contributed by atoms with E-state index in [4.69, 9.17) is 0 Å². The molecule has 0 spiro atoms. The standard InChI is InChI=1S/C14H20N4/c1-9(2)12-5-6-18(8-12)14-13(7-15)10(3)11(4)16-17-14/h9,12H,5-6,8H2,1-4H3. The van der Waals surface area contributed by atoms with Gasteiger partial charge in [-0.1, -0.05) is 13.8 Å². The molecule has 1 aromatic rings. The van der Waals surface area contributed by atoms with Crippen LogP contribution in [0.5, 0.6) is 0 Å². The first-order chi connectivity index (χ1) is 8.54. The first kappa shape index (κ1) is 12.8. The summed E-state index contributed by atoms with van der Waals surface area (Å²) in [5.41, 5.74) is 2.48. The predicted octanol–water partition coefficient (Wildman–Crippen LogP) is 2.45. The van der Waals surface area contributed by atoms with Crippen LogP contribution in [0.4, 0.5) is 5.82 Å². The van der Waals surface area contributed by atoms with Crippen LogP contribution in [0.1, 0.15) is 37.1 Å². The topological polar surface area (TPSA) is 52.8 Å². The summed E-state index contributed by atoms with van der Waals surface area (Å²) in [6.45, 7) is 10.3. The van der Waals surface area contributed by atoms with E-state index in [1.54, 1.807) is 0 Å². The second-order valence-corrected chi connectivity index (χ2v) is 5.46. The Morgan fingerprint density at radius 3 is 2.61 bits per heavy atom. The zero-order valence-corrected chi connectivity index (χ0v) is 11.6. The SMILES string of the molecule is Cc1nnc(N2CCC(C(C)C)C2)c(C#N)c1C. The molecule has 0 radical (unpaired) electrons. The van der Waals surface area contributed by atoms with Gasteiger partial charge in [-0.05, 0) is 37.7 Å². The Morgan fingerprint density at radius 1 is 1.33 bits per heavy atom. The summed E-state index contributed by atoms with van der Waals surface area (Å²) in [5.74, 6) is 2.14. The lowest BCUT2D eigenvalue weighted by Gasteiger charge is -2.20. The molecular formula is C14H20N4. The summed E-state index contributed by atoms with van der Waals surface area (Å²) < 4.78 is 0. The zero-order chi connectivity index (χ0) is 13.3. The summed E-state index contributed by atoms with van der Waals surface area (Å²) in [7, 11) is 0. The van der Waals surface area contributed by atoms with E-state index in [-0.39, 0.29) is 0 Å². The van der Waals surface area contributed by atoms with E-state index < -0.39 is 0 Å². The molecule has 0 aromatic carbocycles. The van der Waals surface area contributed by atoms with Crippen molar-refractivity contribution in [3.05, 3.63) is 16.8 Å². The van der Waals surface area contributed by atoms with Crippen molar-refractivity contribution >= 4 is 5.82 Å². The molecule has 4 nitrogen and oxygen atoms in total. The van der Waals surface area contributed by atoms with Gasteiger partial charge in [-0.2, -0.15) is 10.4 Å². The third-order valence-corrected chi connectivity index (χ3v) is 4.01. The van der Waals surface area contributed by atoms with Crippen molar-refractivity contribution < 1.29 is 0 Å². The van der Waals surface area contributed by atoms with Crippen molar-refractivity contribution in [2.24, 2.45) is 11.8 Å². The third kappa shape index (κ3) is 2.17. The minimum Gasteiger partial charge on any atom is -0.354 e. The first-order valence-electron chi connectivity index (χ1n) is 6.53. The molecule has 1 unspecified atom stereocenters. The Kier molecular flexibility index (Phi) is 3.51. The highest BCUT2D eigenvalue weighted by atomic mass is 15.3. The van der Waals surface area contributed by atoms with Crippen LogP contribution in [0.15, 0.2) is 0 Å². The van der Waals surface area contributed by atoms with Crippen LogP contribution in [0.2, 0.25) is 0 Å². The summed E-state index contributed by atoms with van der Waals surface area (Å²) in [5, 5.41) is 17.7. The number of aromatic nitrogens is 2. The van der Waals surface area contributed by atoms with Crippen LogP contribution in [0.3, 0.4) is 0 Å². The van der Waals surface area contributed by atoms with E-state index in [2.05, 4.69) is 35.0 Å². The van der Waals surface area contributed by atoms with Crippen molar-refractivity contribution in [1.29, 1.82) is 5.26 Å². The molecule has 1 aliphatic heterocycles. The molecule has 96 valence electrons. The van der Waals surface area contributed by atoms with E-state index in [0.29, 0.717) is 17.4 Å². The number of aryl methyl sites for hydroxylation is 1. The molecule has 1 fully saturated rings. The monoisotopic (exact) mass is 244 g/mol. The number of rotatable bonds is 2. The van der Waals surface area contributed by atoms with Crippen LogP contribution in [-0.2, 0) is 0 Å². The number of hydrogen-bond acceptors (Lipinski definition) is 4. The molecule has 0 amide bonds. The van der Waals surface area contributed by atoms with Crippen LogP contribution in [0.25, 0.3) is 0 Å². The fourth-order valence-corrected chi connectivity index (χ4v) is 2.48. The highest BCUT2D eigenvalue weighted by Gasteiger charge is 2.28. The van der Waals surface area contributed by atoms with E-state index in [1.165, 1.54) is 6.42 Å². The number of nitrogens with zero attached hydrogens (tertiary/aromatic N) is 4. The first-order valence-corrected chi connectivity index (χ1v) is 6.53. The Balaban J connectivity index is 2.31. The number of hydrogen-bond donors (Lipinski definition) is 0. The van der Waals surface area contributed by atoms with Gasteiger partial charge in [0.2, 0.25) is 0 Å². The molecule has 0 bridgehead atoms. The molecule has 2 heterocycles. The van der Waals surface area contributed by atoms with Crippen LogP contribution >= 0.6 is 0 Å². The van der Waals surface area contributed by atoms with Crippen LogP contribution < -0.4 is 4.90 Å². The molecule has 0 N–H and O–H groups in total. The van der Waals surface area contributed by atoms with Gasteiger partial charge in [0, 0.05) is 13.1 Å². The molecule has 1 aromatic heterocycles. The Labute approximate surface area is 109 Å². The quantitative estimate of drug-likeness (QED) is 0.802. The van der Waals surface area contributed by atoms with Crippen molar-refractivity contribution in [2.45, 2.75) is 34.1 Å². The van der Waals surface area contributed by atoms with Crippen molar-refractivity contribution in [2.75, 3.05) is 18.0 Å². The molecule has 0 saturated carbocycles. The second kappa shape index (κ2) is 4.93. The fourth-order valence-electron chi connectivity index (χ4n) is 2.48. The van der Waals surface area contributed by atoms with Gasteiger partial charge in [-0.15, -0.1) is 5.10 Å². The Hall–Kier alpha value is -1.63. The maximum Gasteiger partial charge on any atom is 0.169 e. The summed E-state index contributed by atoms with van der Waals surface area (Å²) in [4.78, 5) is 2.21. The molecule has 1 aliphatic rings. The second-order valence-electron chi connectivity index (χ2n) is 5.46. The average molecular weight is 244 g/mol. The molecule has 0 aliphatic carbocycles. The largest absolute Gasteiger partial charge is 0.354 e. The molecule has 4 heteroatoms. The normalized spacial score (nSPS) is 19.3. The molecule has 2 rings (SSSR count). The lowest BCUT2D eigenvalue weighted by atomic mass is 9.95. The highest BCUT2D eigenvalue weighted by Crippen LogP contribution is 2.29. The van der Waals surface area contributed by atoms with Crippen LogP contribution in [-0.4, -0.2) is 23.3 Å². The zero-order valence-electron chi connectivity index (χ0n) is 11.6. The van der Waals surface area contributed by atoms with Crippen LogP contribution in [0, 0.1) is 37.0 Å². The lowest BCUT2D eigenvalue weighted by molar-refractivity contribution is 0.422. The van der Waals surface area contributed by atoms with Gasteiger partial charge in [0.1, 0.15) is 11.6 Å². The summed E-state index contributed by atoms with van der Waals surface area (Å²) in [6, 6.07) is 2.28. The smallest absolute Gasteiger partial charge is 0.169 e. The van der Waals surface area contributed by atoms with Crippen molar-refractivity contribution in [3.63, 3.8) is 0 Å². The van der Waals surface area contributed by atoms with Gasteiger partial charge in [0.15, 0.2) is 5.82 Å². The summed E-state index contributed by atoms with van der Waals surface area (Å²) in [6.07, 6.45) is 1.18. The maximum absolute atomic E-state index is 9.31. The van der Waals surface area contributed by atoms with E-state index >= 15 is 0 Å². The number of nitriles is 1. The highest BCUT2D eigenvalue weighted by molar-refractivity contribution is 5.58. The van der Waals surface area contributed by atoms with Crippen molar-refractivity contribution in [3.8, 4) is 6.07 Å². The van der Waals surface area contributed by atoms with E-state index in [9.17, 15) is 5.26 Å².